The van der Waals surface area contributed by atoms with E-state index in [1.165, 1.54) is 24.3 Å². The number of carbonyl (C=O) groups excluding carboxylic acids is 1. The van der Waals surface area contributed by atoms with Gasteiger partial charge in [0.25, 0.3) is 5.92 Å². The number of halogens is 6. The minimum Gasteiger partial charge on any atom is -0.421 e. The molecule has 0 radical (unpaired) electrons. The van der Waals surface area contributed by atoms with Crippen LogP contribution in [0.1, 0.15) is 21.5 Å². The van der Waals surface area contributed by atoms with Crippen LogP contribution in [0.15, 0.2) is 48.5 Å². The Morgan fingerprint density at radius 2 is 1.57 bits per heavy atom. The van der Waals surface area contributed by atoms with Crippen molar-refractivity contribution >= 4 is 12.4 Å². The van der Waals surface area contributed by atoms with Crippen LogP contribution in [0, 0.1) is 0 Å². The van der Waals surface area contributed by atoms with E-state index in [2.05, 4.69) is 9.47 Å². The number of alkyl halides is 6. The monoisotopic (exact) mass is 402 g/mol. The van der Waals surface area contributed by atoms with Gasteiger partial charge in [0.05, 0.1) is 0 Å². The number of aldehydes is 1. The fourth-order valence-electron chi connectivity index (χ4n) is 2.53. The number of hydrogen-bond acceptors (Lipinski definition) is 3. The molecule has 9 heteroatoms. The summed E-state index contributed by atoms with van der Waals surface area (Å²) in [4.78, 5) is 10.9. The van der Waals surface area contributed by atoms with Crippen LogP contribution >= 0.6 is 0 Å². The molecule has 0 N–H and O–H groups in total. The van der Waals surface area contributed by atoms with Gasteiger partial charge in [-0.25, -0.2) is 8.78 Å². The molecule has 2 aromatic carbocycles. The summed E-state index contributed by atoms with van der Waals surface area (Å²) < 4.78 is 88.9. The molecular weight excluding hydrogens is 390 g/mol. The summed E-state index contributed by atoms with van der Waals surface area (Å²) >= 11 is 0. The summed E-state index contributed by atoms with van der Waals surface area (Å²) in [5.41, 5.74) is 0.265. The molecule has 1 heterocycles. The van der Waals surface area contributed by atoms with E-state index in [1.54, 1.807) is 0 Å². The van der Waals surface area contributed by atoms with Gasteiger partial charge in [0.1, 0.15) is 6.29 Å². The summed E-state index contributed by atoms with van der Waals surface area (Å²) in [5, 5.41) is 0. The molecule has 0 amide bonds. The standard InChI is InChI=1S/C19H12F6O3/c20-17(21,10-13-3-1-2-4-14(13)11-26)8-7-12-5-6-15-16(9-12)28-19(24,25)18(22,23)27-15/h1-9,11H,10H2/b8-7+. The third-order valence-electron chi connectivity index (χ3n) is 3.91. The van der Waals surface area contributed by atoms with Crippen molar-refractivity contribution in [3.05, 3.63) is 65.2 Å². The van der Waals surface area contributed by atoms with Gasteiger partial charge in [0.15, 0.2) is 11.5 Å². The molecule has 2 aromatic rings. The van der Waals surface area contributed by atoms with Crippen LogP contribution in [-0.4, -0.2) is 24.4 Å². The summed E-state index contributed by atoms with van der Waals surface area (Å²) in [6.07, 6.45) is -8.59. The largest absolute Gasteiger partial charge is 0.507 e. The number of allylic oxidation sites excluding steroid dienone is 1. The van der Waals surface area contributed by atoms with E-state index in [9.17, 15) is 31.1 Å². The van der Waals surface area contributed by atoms with Crippen LogP contribution < -0.4 is 9.47 Å². The van der Waals surface area contributed by atoms with Crippen LogP contribution in [0.2, 0.25) is 0 Å². The first-order chi connectivity index (χ1) is 13.0. The summed E-state index contributed by atoms with van der Waals surface area (Å²) in [6, 6.07) is 8.77. The van der Waals surface area contributed by atoms with Crippen molar-refractivity contribution < 1.29 is 40.6 Å². The van der Waals surface area contributed by atoms with E-state index >= 15 is 0 Å². The van der Waals surface area contributed by atoms with E-state index in [4.69, 9.17) is 0 Å². The molecule has 28 heavy (non-hydrogen) atoms. The molecule has 0 unspecified atom stereocenters. The van der Waals surface area contributed by atoms with Gasteiger partial charge in [-0.3, -0.25) is 4.79 Å². The Kier molecular flexibility index (Phi) is 4.86. The molecule has 0 bridgehead atoms. The van der Waals surface area contributed by atoms with E-state index in [-0.39, 0.29) is 16.7 Å². The lowest BCUT2D eigenvalue weighted by Gasteiger charge is -2.31. The highest BCUT2D eigenvalue weighted by atomic mass is 19.3. The van der Waals surface area contributed by atoms with Crippen molar-refractivity contribution in [3.63, 3.8) is 0 Å². The van der Waals surface area contributed by atoms with Gasteiger partial charge in [-0.1, -0.05) is 36.4 Å². The average Bonchev–Trinajstić information content (AvgIpc) is 2.61. The van der Waals surface area contributed by atoms with Crippen molar-refractivity contribution in [1.29, 1.82) is 0 Å². The first-order valence-corrected chi connectivity index (χ1v) is 7.91. The van der Waals surface area contributed by atoms with Gasteiger partial charge in [-0.15, -0.1) is 0 Å². The molecule has 3 nitrogen and oxygen atoms in total. The smallest absolute Gasteiger partial charge is 0.421 e. The first-order valence-electron chi connectivity index (χ1n) is 7.91. The number of benzene rings is 2. The predicted molar refractivity (Wildman–Crippen MR) is 87.1 cm³/mol. The second kappa shape index (κ2) is 6.88. The Balaban J connectivity index is 1.80. The Morgan fingerprint density at radius 3 is 2.25 bits per heavy atom. The maximum absolute atomic E-state index is 14.2. The van der Waals surface area contributed by atoms with Crippen LogP contribution in [-0.2, 0) is 6.42 Å². The van der Waals surface area contributed by atoms with E-state index in [1.807, 2.05) is 0 Å². The van der Waals surface area contributed by atoms with E-state index in [0.29, 0.717) is 12.4 Å². The normalized spacial score (nSPS) is 17.5. The molecule has 148 valence electrons. The number of rotatable bonds is 5. The van der Waals surface area contributed by atoms with Gasteiger partial charge in [0.2, 0.25) is 0 Å². The first kappa shape index (κ1) is 19.8. The molecule has 0 aliphatic carbocycles. The van der Waals surface area contributed by atoms with Crippen molar-refractivity contribution in [2.75, 3.05) is 0 Å². The summed E-state index contributed by atoms with van der Waals surface area (Å²) in [7, 11) is 0. The predicted octanol–water partition coefficient (Wildman–Crippen LogP) is 5.35. The Hall–Kier alpha value is -2.97. The molecule has 1 aliphatic heterocycles. The number of hydrogen-bond donors (Lipinski definition) is 0. The Labute approximate surface area is 155 Å². The van der Waals surface area contributed by atoms with Crippen molar-refractivity contribution in [1.82, 2.24) is 0 Å². The van der Waals surface area contributed by atoms with Crippen molar-refractivity contribution in [2.45, 2.75) is 24.6 Å². The van der Waals surface area contributed by atoms with Crippen LogP contribution in [0.5, 0.6) is 11.5 Å². The SMILES string of the molecule is O=Cc1ccccc1CC(F)(F)/C=C/c1ccc2c(c1)OC(F)(F)C(F)(F)O2. The number of carbonyl (C=O) groups is 1. The zero-order valence-corrected chi connectivity index (χ0v) is 14.0. The minimum atomic E-state index is -4.90. The molecule has 0 atom stereocenters. The maximum Gasteiger partial charge on any atom is 0.507 e. The number of fused-ring (bicyclic) bond motifs is 1. The topological polar surface area (TPSA) is 35.5 Å². The zero-order chi connectivity index (χ0) is 20.6. The second-order valence-electron chi connectivity index (χ2n) is 6.03. The molecule has 0 spiro atoms. The zero-order valence-electron chi connectivity index (χ0n) is 14.0. The lowest BCUT2D eigenvalue weighted by molar-refractivity contribution is -0.391. The average molecular weight is 402 g/mol. The van der Waals surface area contributed by atoms with Gasteiger partial charge < -0.3 is 9.47 Å². The molecule has 0 saturated heterocycles. The Bertz CT molecular complexity index is 924. The van der Waals surface area contributed by atoms with E-state index < -0.39 is 36.1 Å². The fourth-order valence-corrected chi connectivity index (χ4v) is 2.53. The highest BCUT2D eigenvalue weighted by Crippen LogP contribution is 2.47. The van der Waals surface area contributed by atoms with Crippen molar-refractivity contribution in [3.8, 4) is 11.5 Å². The summed E-state index contributed by atoms with van der Waals surface area (Å²) in [5.74, 6) is -4.70. The van der Waals surface area contributed by atoms with Gasteiger partial charge in [-0.2, -0.15) is 17.6 Å². The highest BCUT2D eigenvalue weighted by Gasteiger charge is 2.65. The molecule has 0 aromatic heterocycles. The van der Waals surface area contributed by atoms with Crippen molar-refractivity contribution in [2.24, 2.45) is 0 Å². The second-order valence-corrected chi connectivity index (χ2v) is 6.03. The van der Waals surface area contributed by atoms with E-state index in [0.717, 1.165) is 24.3 Å². The van der Waals surface area contributed by atoms with Gasteiger partial charge in [0, 0.05) is 12.0 Å². The highest BCUT2D eigenvalue weighted by molar-refractivity contribution is 5.77. The summed E-state index contributed by atoms with van der Waals surface area (Å²) in [6.45, 7) is 0. The molecule has 0 saturated carbocycles. The lowest BCUT2D eigenvalue weighted by atomic mass is 10.0. The van der Waals surface area contributed by atoms with Gasteiger partial charge >= 0.3 is 12.2 Å². The van der Waals surface area contributed by atoms with Crippen LogP contribution in [0.4, 0.5) is 26.3 Å². The minimum absolute atomic E-state index is 0.00622. The van der Waals surface area contributed by atoms with Gasteiger partial charge in [-0.05, 0) is 29.3 Å². The third kappa shape index (κ3) is 3.97. The quantitative estimate of drug-likeness (QED) is 0.500. The molecular formula is C19H12F6O3. The third-order valence-corrected chi connectivity index (χ3v) is 3.91. The maximum atomic E-state index is 14.2. The lowest BCUT2D eigenvalue weighted by Crippen LogP contribution is -2.52. The molecule has 0 fully saturated rings. The molecule has 1 aliphatic rings. The van der Waals surface area contributed by atoms with Crippen LogP contribution in [0.3, 0.4) is 0 Å². The van der Waals surface area contributed by atoms with Crippen LogP contribution in [0.25, 0.3) is 6.08 Å². The number of ether oxygens (including phenoxy) is 2. The fraction of sp³-hybridized carbons (Fsp3) is 0.211. The molecule has 3 rings (SSSR count). The Morgan fingerprint density at radius 1 is 0.929 bits per heavy atom.